The van der Waals surface area contributed by atoms with E-state index in [2.05, 4.69) is 41.3 Å². The second-order valence-corrected chi connectivity index (χ2v) is 25.1. The standard InChI is InChI=1S/C26H35Cl2N5O3S.C19H32N4O2S.C7H3Cl2NO/c1-25(2,3)19-15-18(30-24(36)29-17-10-8-9-16(27)20(17)28)21(37-19)22(34)33-14-13-32(12-11-31(6)7)23(35)26(33,4)5;1-18(2,3)14-12-13(20)15(26-14)16(24)23-11-10-22(9-8-21(6)7)17(25)19(23,4)5;8-5-2-1-3-6(7(5)9)10-4-11/h8-10,15H,11-14H2,1-7H3,(H2,29,30,36);12H,8-11,20H2,1-7H3;1-3H. The number of urea groups is 1. The van der Waals surface area contributed by atoms with Crippen LogP contribution in [-0.2, 0) is 25.2 Å². The Morgan fingerprint density at radius 3 is 1.57 bits per heavy atom. The van der Waals surface area contributed by atoms with Gasteiger partial charge in [-0.05, 0) is 103 Å². The maximum atomic E-state index is 13.9. The van der Waals surface area contributed by atoms with Crippen molar-refractivity contribution >= 4 is 128 Å². The van der Waals surface area contributed by atoms with E-state index in [1.807, 2.05) is 84.7 Å². The SMILES string of the molecule is CN(C)CCN1CCN(C(=O)c2sc(C(C)(C)C)cc2N)C(C)(C)C1=O.CN(C)CCN1CCN(C(=O)c2sc(C(C)(C)C)cc2NC(=O)Nc2cccc(Cl)c2Cl)C(C)(C)C1=O.O=C=Nc1cccc(Cl)c1Cl. The van der Waals surface area contributed by atoms with Crippen molar-refractivity contribution < 1.29 is 28.8 Å². The molecule has 0 radical (unpaired) electrons. The van der Waals surface area contributed by atoms with E-state index < -0.39 is 17.1 Å². The number of amides is 6. The van der Waals surface area contributed by atoms with Crippen molar-refractivity contribution in [3.05, 3.63) is 88.1 Å². The van der Waals surface area contributed by atoms with Crippen LogP contribution in [-0.4, -0.2) is 157 Å². The van der Waals surface area contributed by atoms with Crippen molar-refractivity contribution in [3.63, 3.8) is 0 Å². The molecule has 404 valence electrons. The monoisotopic (exact) mass is 1130 g/mol. The Morgan fingerprint density at radius 2 is 1.11 bits per heavy atom. The summed E-state index contributed by atoms with van der Waals surface area (Å²) in [6, 6.07) is 13.0. The minimum Gasteiger partial charge on any atom is -0.397 e. The van der Waals surface area contributed by atoms with Gasteiger partial charge >= 0.3 is 6.03 Å². The molecule has 16 nitrogen and oxygen atoms in total. The molecule has 0 aliphatic carbocycles. The molecule has 0 saturated carbocycles. The summed E-state index contributed by atoms with van der Waals surface area (Å²) in [5.41, 5.74) is 5.51. The lowest BCUT2D eigenvalue weighted by atomic mass is 9.94. The van der Waals surface area contributed by atoms with Crippen molar-refractivity contribution in [2.75, 3.05) is 96.9 Å². The Balaban J connectivity index is 0.000000276. The number of thiophene rings is 2. The Morgan fingerprint density at radius 1 is 0.676 bits per heavy atom. The first-order valence-corrected chi connectivity index (χ1v) is 27.0. The van der Waals surface area contributed by atoms with E-state index in [0.717, 1.165) is 22.8 Å². The van der Waals surface area contributed by atoms with Crippen molar-refractivity contribution in [2.45, 2.75) is 91.1 Å². The van der Waals surface area contributed by atoms with E-state index in [1.54, 1.807) is 64.9 Å². The van der Waals surface area contributed by atoms with Gasteiger partial charge in [-0.15, -0.1) is 22.7 Å². The molecule has 4 N–H and O–H groups in total. The van der Waals surface area contributed by atoms with Crippen LogP contribution < -0.4 is 16.4 Å². The first-order chi connectivity index (χ1) is 34.2. The number of hydrogen-bond donors (Lipinski definition) is 3. The summed E-state index contributed by atoms with van der Waals surface area (Å²) in [7, 11) is 7.90. The zero-order chi connectivity index (χ0) is 55.8. The molecule has 4 heterocycles. The number of carbonyl (C=O) groups is 5. The van der Waals surface area contributed by atoms with Gasteiger partial charge in [-0.2, -0.15) is 4.99 Å². The van der Waals surface area contributed by atoms with Gasteiger partial charge in [-0.25, -0.2) is 9.59 Å². The fourth-order valence-corrected chi connectivity index (χ4v) is 10.6. The van der Waals surface area contributed by atoms with Crippen LogP contribution in [0.25, 0.3) is 0 Å². The van der Waals surface area contributed by atoms with Gasteiger partial charge in [0, 0.05) is 62.1 Å². The number of carbonyl (C=O) groups excluding carboxylic acids is 6. The highest BCUT2D eigenvalue weighted by atomic mass is 35.5. The van der Waals surface area contributed by atoms with Crippen LogP contribution >= 0.6 is 69.1 Å². The lowest BCUT2D eigenvalue weighted by molar-refractivity contribution is -0.147. The highest BCUT2D eigenvalue weighted by molar-refractivity contribution is 7.15. The fraction of sp³-hybridized carbons (Fsp3) is 0.500. The Hall–Kier alpha value is -4.75. The predicted octanol–water partition coefficient (Wildman–Crippen LogP) is 10.8. The minimum atomic E-state index is -1.03. The number of benzene rings is 2. The molecule has 2 aliphatic heterocycles. The number of nitrogens with one attached hydrogen (secondary N) is 2. The van der Waals surface area contributed by atoms with Crippen LogP contribution in [0.5, 0.6) is 0 Å². The molecule has 2 aliphatic rings. The Bertz CT molecular complexity index is 2740. The number of likely N-dealkylation sites (N-methyl/N-ethyl adjacent to an activating group) is 2. The fourth-order valence-electron chi connectivity index (χ4n) is 7.69. The molecule has 4 aromatic rings. The van der Waals surface area contributed by atoms with Crippen LogP contribution in [0.1, 0.15) is 98.3 Å². The third-order valence-electron chi connectivity index (χ3n) is 12.2. The number of halogens is 4. The molecule has 2 aromatic carbocycles. The zero-order valence-electron chi connectivity index (χ0n) is 44.8. The molecule has 6 amide bonds. The van der Waals surface area contributed by atoms with Crippen molar-refractivity contribution in [2.24, 2.45) is 4.99 Å². The first-order valence-electron chi connectivity index (χ1n) is 23.8. The molecular weight excluding hydrogens is 1070 g/mol. The normalized spacial score (nSPS) is 15.5. The number of isocyanates is 1. The third kappa shape index (κ3) is 15.4. The molecule has 74 heavy (non-hydrogen) atoms. The molecule has 2 saturated heterocycles. The summed E-state index contributed by atoms with van der Waals surface area (Å²) in [6.07, 6.45) is 1.38. The Kier molecular flexibility index (Phi) is 21.2. The van der Waals surface area contributed by atoms with E-state index in [9.17, 15) is 28.8 Å². The molecule has 0 atom stereocenters. The molecule has 0 bridgehead atoms. The number of nitrogens with zero attached hydrogens (tertiary/aromatic N) is 7. The summed E-state index contributed by atoms with van der Waals surface area (Å²) in [5.74, 6) is -0.537. The quantitative estimate of drug-likeness (QED) is 0.0971. The lowest BCUT2D eigenvalue weighted by Gasteiger charge is -2.46. The van der Waals surface area contributed by atoms with Crippen LogP contribution in [0.15, 0.2) is 53.5 Å². The van der Waals surface area contributed by atoms with Crippen molar-refractivity contribution in [1.29, 1.82) is 0 Å². The number of hydrogen-bond acceptors (Lipinski definition) is 12. The minimum absolute atomic E-state index is 0.00915. The second kappa shape index (κ2) is 25.4. The largest absolute Gasteiger partial charge is 0.397 e. The molecular formula is C52H70Cl4N10O6S2. The maximum absolute atomic E-state index is 13.9. The summed E-state index contributed by atoms with van der Waals surface area (Å²) in [6.45, 7) is 24.4. The highest BCUT2D eigenvalue weighted by Crippen LogP contribution is 2.40. The zero-order valence-corrected chi connectivity index (χ0v) is 49.4. The Labute approximate surface area is 464 Å². The van der Waals surface area contributed by atoms with Crippen LogP contribution in [0.2, 0.25) is 20.1 Å². The van der Waals surface area contributed by atoms with Gasteiger partial charge in [0.15, 0.2) is 0 Å². The van der Waals surface area contributed by atoms with Gasteiger partial charge in [0.25, 0.3) is 11.8 Å². The smallest absolute Gasteiger partial charge is 0.323 e. The van der Waals surface area contributed by atoms with E-state index in [-0.39, 0.29) is 44.5 Å². The summed E-state index contributed by atoms with van der Waals surface area (Å²) in [5, 5.41) is 6.70. The van der Waals surface area contributed by atoms with Crippen molar-refractivity contribution in [1.82, 2.24) is 29.4 Å². The van der Waals surface area contributed by atoms with E-state index in [4.69, 9.17) is 52.1 Å². The number of piperazine rings is 2. The van der Waals surface area contributed by atoms with E-state index in [0.29, 0.717) is 81.8 Å². The first kappa shape index (κ1) is 61.8. The molecule has 6 rings (SSSR count). The van der Waals surface area contributed by atoms with Gasteiger partial charge in [0.05, 0.1) is 42.8 Å². The summed E-state index contributed by atoms with van der Waals surface area (Å²) < 4.78 is 0. The topological polar surface area (TPSA) is 184 Å². The van der Waals surface area contributed by atoms with Gasteiger partial charge in [0.1, 0.15) is 20.8 Å². The van der Waals surface area contributed by atoms with Crippen molar-refractivity contribution in [3.8, 4) is 0 Å². The average molecular weight is 1140 g/mol. The van der Waals surface area contributed by atoms with Crippen LogP contribution in [0.4, 0.5) is 27.5 Å². The number of rotatable bonds is 11. The van der Waals surface area contributed by atoms with Crippen LogP contribution in [0, 0.1) is 0 Å². The lowest BCUT2D eigenvalue weighted by Crippen LogP contribution is -2.65. The van der Waals surface area contributed by atoms with E-state index >= 15 is 0 Å². The summed E-state index contributed by atoms with van der Waals surface area (Å²) >= 11 is 26.3. The van der Waals surface area contributed by atoms with E-state index in [1.165, 1.54) is 28.8 Å². The van der Waals surface area contributed by atoms with Crippen LogP contribution in [0.3, 0.4) is 0 Å². The third-order valence-corrected chi connectivity index (χ3v) is 16.9. The average Bonchev–Trinajstić information content (AvgIpc) is 3.92. The number of nitrogens with two attached hydrogens (primary N) is 1. The van der Waals surface area contributed by atoms with Gasteiger partial charge in [-0.1, -0.05) is 100 Å². The highest BCUT2D eigenvalue weighted by Gasteiger charge is 2.46. The number of anilines is 3. The number of aliphatic imine (C=N–C) groups is 1. The molecule has 0 unspecified atom stereocenters. The summed E-state index contributed by atoms with van der Waals surface area (Å²) in [4.78, 5) is 93.3. The maximum Gasteiger partial charge on any atom is 0.323 e. The molecule has 0 spiro atoms. The molecule has 2 fully saturated rings. The predicted molar refractivity (Wildman–Crippen MR) is 304 cm³/mol. The van der Waals surface area contributed by atoms with Gasteiger partial charge < -0.3 is 45.8 Å². The van der Waals surface area contributed by atoms with Gasteiger partial charge in [-0.3, -0.25) is 19.2 Å². The van der Waals surface area contributed by atoms with Gasteiger partial charge in [0.2, 0.25) is 17.9 Å². The number of nitrogen functional groups attached to an aromatic ring is 1. The molecule has 22 heteroatoms. The second-order valence-electron chi connectivity index (χ2n) is 21.4. The molecule has 2 aromatic heterocycles.